The first-order chi connectivity index (χ1) is 9.15. The first-order valence-corrected chi connectivity index (χ1v) is 6.58. The molecule has 0 radical (unpaired) electrons. The molecular formula is C14H20ClFN2O2. The highest BCUT2D eigenvalue weighted by molar-refractivity contribution is 5.85. The highest BCUT2D eigenvalue weighted by Gasteiger charge is 2.20. The fourth-order valence-corrected chi connectivity index (χ4v) is 2.08. The predicted molar refractivity (Wildman–Crippen MR) is 77.8 cm³/mol. The van der Waals surface area contributed by atoms with Gasteiger partial charge in [0.25, 0.3) is 5.91 Å². The predicted octanol–water partition coefficient (Wildman–Crippen LogP) is 1.88. The van der Waals surface area contributed by atoms with Crippen molar-refractivity contribution in [1.82, 2.24) is 10.6 Å². The van der Waals surface area contributed by atoms with Crippen molar-refractivity contribution in [2.24, 2.45) is 0 Å². The number of nitrogens with one attached hydrogen (secondary N) is 2. The van der Waals surface area contributed by atoms with Gasteiger partial charge in [-0.1, -0.05) is 6.07 Å². The zero-order valence-corrected chi connectivity index (χ0v) is 12.2. The van der Waals surface area contributed by atoms with Gasteiger partial charge in [0.1, 0.15) is 11.6 Å². The van der Waals surface area contributed by atoms with Crippen LogP contribution in [0.1, 0.15) is 19.8 Å². The number of hydrogen-bond donors (Lipinski definition) is 2. The third-order valence-electron chi connectivity index (χ3n) is 3.16. The van der Waals surface area contributed by atoms with E-state index in [2.05, 4.69) is 10.6 Å². The topological polar surface area (TPSA) is 50.4 Å². The van der Waals surface area contributed by atoms with Crippen molar-refractivity contribution in [3.63, 3.8) is 0 Å². The highest BCUT2D eigenvalue weighted by atomic mass is 35.5. The molecule has 1 fully saturated rings. The highest BCUT2D eigenvalue weighted by Crippen LogP contribution is 2.14. The summed E-state index contributed by atoms with van der Waals surface area (Å²) in [6, 6.07) is 6.01. The number of halogens is 2. The van der Waals surface area contributed by atoms with Crippen molar-refractivity contribution in [3.8, 4) is 5.75 Å². The Hall–Kier alpha value is -1.33. The number of amides is 1. The Balaban J connectivity index is 0.00000200. The van der Waals surface area contributed by atoms with Gasteiger partial charge >= 0.3 is 0 Å². The molecule has 1 atom stereocenters. The van der Waals surface area contributed by atoms with Crippen molar-refractivity contribution in [2.75, 3.05) is 13.1 Å². The summed E-state index contributed by atoms with van der Waals surface area (Å²) in [5.74, 6) is -0.160. The van der Waals surface area contributed by atoms with Crippen molar-refractivity contribution in [2.45, 2.75) is 31.9 Å². The SMILES string of the molecule is CC(Oc1cccc(F)c1)C(=O)NC1CCNCC1.Cl. The summed E-state index contributed by atoms with van der Waals surface area (Å²) in [5, 5.41) is 6.19. The van der Waals surface area contributed by atoms with Gasteiger partial charge in [0.05, 0.1) is 0 Å². The molecule has 1 unspecified atom stereocenters. The average molecular weight is 303 g/mol. The fourth-order valence-electron chi connectivity index (χ4n) is 2.08. The van der Waals surface area contributed by atoms with Gasteiger partial charge in [-0.15, -0.1) is 12.4 Å². The number of hydrogen-bond acceptors (Lipinski definition) is 3. The molecule has 1 aliphatic heterocycles. The van der Waals surface area contributed by atoms with Crippen molar-refractivity contribution >= 4 is 18.3 Å². The quantitative estimate of drug-likeness (QED) is 0.893. The number of carbonyl (C=O) groups is 1. The lowest BCUT2D eigenvalue weighted by Crippen LogP contribution is -2.46. The van der Waals surface area contributed by atoms with Gasteiger partial charge in [-0.05, 0) is 45.0 Å². The monoisotopic (exact) mass is 302 g/mol. The van der Waals surface area contributed by atoms with E-state index in [0.717, 1.165) is 25.9 Å². The van der Waals surface area contributed by atoms with Crippen molar-refractivity contribution < 1.29 is 13.9 Å². The van der Waals surface area contributed by atoms with Crippen LogP contribution >= 0.6 is 12.4 Å². The van der Waals surface area contributed by atoms with Gasteiger partial charge in [-0.2, -0.15) is 0 Å². The van der Waals surface area contributed by atoms with Crippen LogP contribution in [0, 0.1) is 5.82 Å². The summed E-state index contributed by atoms with van der Waals surface area (Å²) in [6.45, 7) is 3.51. The van der Waals surface area contributed by atoms with E-state index in [4.69, 9.17) is 4.74 Å². The molecule has 1 amide bonds. The van der Waals surface area contributed by atoms with Gasteiger partial charge in [-0.3, -0.25) is 4.79 Å². The fraction of sp³-hybridized carbons (Fsp3) is 0.500. The molecule has 2 N–H and O–H groups in total. The smallest absolute Gasteiger partial charge is 0.260 e. The molecule has 1 heterocycles. The molecule has 0 saturated carbocycles. The number of piperidine rings is 1. The summed E-state index contributed by atoms with van der Waals surface area (Å²) in [4.78, 5) is 12.0. The van der Waals surface area contributed by atoms with Crippen LogP contribution in [0.5, 0.6) is 5.75 Å². The first-order valence-electron chi connectivity index (χ1n) is 6.58. The lowest BCUT2D eigenvalue weighted by molar-refractivity contribution is -0.128. The Bertz CT molecular complexity index is 439. The molecule has 1 aliphatic rings. The van der Waals surface area contributed by atoms with Crippen molar-refractivity contribution in [1.29, 1.82) is 0 Å². The van der Waals surface area contributed by atoms with E-state index in [1.165, 1.54) is 12.1 Å². The largest absolute Gasteiger partial charge is 0.481 e. The zero-order valence-electron chi connectivity index (χ0n) is 11.4. The van der Waals surface area contributed by atoms with E-state index >= 15 is 0 Å². The Kier molecular flexibility index (Phi) is 6.75. The van der Waals surface area contributed by atoms with Crippen LogP contribution in [0.25, 0.3) is 0 Å². The third-order valence-corrected chi connectivity index (χ3v) is 3.16. The van der Waals surface area contributed by atoms with E-state index in [9.17, 15) is 9.18 Å². The number of carbonyl (C=O) groups excluding carboxylic acids is 1. The van der Waals surface area contributed by atoms with Crippen molar-refractivity contribution in [3.05, 3.63) is 30.1 Å². The summed E-state index contributed by atoms with van der Waals surface area (Å²) in [6.07, 6.45) is 1.23. The Morgan fingerprint density at radius 3 is 2.80 bits per heavy atom. The normalized spacial score (nSPS) is 16.9. The lowest BCUT2D eigenvalue weighted by atomic mass is 10.1. The third kappa shape index (κ3) is 4.98. The maximum atomic E-state index is 13.0. The van der Waals surface area contributed by atoms with Crippen LogP contribution in [0.15, 0.2) is 24.3 Å². The maximum Gasteiger partial charge on any atom is 0.260 e. The van der Waals surface area contributed by atoms with E-state index < -0.39 is 6.10 Å². The molecule has 6 heteroatoms. The minimum Gasteiger partial charge on any atom is -0.481 e. The van der Waals surface area contributed by atoms with Gasteiger partial charge in [-0.25, -0.2) is 4.39 Å². The van der Waals surface area contributed by atoms with Crippen LogP contribution in [0.3, 0.4) is 0 Å². The second-order valence-corrected chi connectivity index (χ2v) is 4.75. The molecule has 2 rings (SSSR count). The molecule has 1 aromatic rings. The summed E-state index contributed by atoms with van der Waals surface area (Å²) < 4.78 is 18.4. The maximum absolute atomic E-state index is 13.0. The molecule has 0 aromatic heterocycles. The molecular weight excluding hydrogens is 283 g/mol. The summed E-state index contributed by atoms with van der Waals surface area (Å²) in [5.41, 5.74) is 0. The minimum atomic E-state index is -0.628. The number of rotatable bonds is 4. The van der Waals surface area contributed by atoms with Gasteiger partial charge in [0, 0.05) is 12.1 Å². The van der Waals surface area contributed by atoms with Gasteiger partial charge < -0.3 is 15.4 Å². The van der Waals surface area contributed by atoms with Crippen LogP contribution < -0.4 is 15.4 Å². The molecule has 1 saturated heterocycles. The molecule has 0 spiro atoms. The van der Waals surface area contributed by atoms with Crippen LogP contribution in [-0.4, -0.2) is 31.1 Å². The zero-order chi connectivity index (χ0) is 13.7. The standard InChI is InChI=1S/C14H19FN2O2.ClH/c1-10(19-13-4-2-3-11(15)9-13)14(18)17-12-5-7-16-8-6-12;/h2-4,9-10,12,16H,5-8H2,1H3,(H,17,18);1H. The van der Waals surface area contributed by atoms with E-state index in [0.29, 0.717) is 5.75 Å². The molecule has 0 bridgehead atoms. The average Bonchev–Trinajstić information content (AvgIpc) is 2.40. The Labute approximate surface area is 124 Å². The summed E-state index contributed by atoms with van der Waals surface area (Å²) >= 11 is 0. The van der Waals surface area contributed by atoms with E-state index in [-0.39, 0.29) is 30.2 Å². The van der Waals surface area contributed by atoms with E-state index in [1.807, 2.05) is 0 Å². The number of benzene rings is 1. The van der Waals surface area contributed by atoms with Crippen LogP contribution in [0.4, 0.5) is 4.39 Å². The lowest BCUT2D eigenvalue weighted by Gasteiger charge is -2.25. The van der Waals surface area contributed by atoms with Gasteiger partial charge in [0.15, 0.2) is 6.10 Å². The van der Waals surface area contributed by atoms with Crippen LogP contribution in [-0.2, 0) is 4.79 Å². The van der Waals surface area contributed by atoms with Gasteiger partial charge in [0.2, 0.25) is 0 Å². The first kappa shape index (κ1) is 16.7. The Morgan fingerprint density at radius 2 is 2.15 bits per heavy atom. The Morgan fingerprint density at radius 1 is 1.45 bits per heavy atom. The van der Waals surface area contributed by atoms with E-state index in [1.54, 1.807) is 19.1 Å². The molecule has 4 nitrogen and oxygen atoms in total. The van der Waals surface area contributed by atoms with Crippen LogP contribution in [0.2, 0.25) is 0 Å². The molecule has 112 valence electrons. The molecule has 0 aliphatic carbocycles. The minimum absolute atomic E-state index is 0. The summed E-state index contributed by atoms with van der Waals surface area (Å²) in [7, 11) is 0. The second-order valence-electron chi connectivity index (χ2n) is 4.75. The number of ether oxygens (including phenoxy) is 1. The molecule has 20 heavy (non-hydrogen) atoms. The second kappa shape index (κ2) is 8.07. The molecule has 1 aromatic carbocycles.